The number of benzene rings is 1. The van der Waals surface area contributed by atoms with E-state index in [-0.39, 0.29) is 0 Å². The van der Waals surface area contributed by atoms with Gasteiger partial charge in [-0.05, 0) is 56.2 Å². The number of hydrogen-bond donors (Lipinski definition) is 1. The van der Waals surface area contributed by atoms with Crippen molar-refractivity contribution >= 4 is 11.3 Å². The van der Waals surface area contributed by atoms with Crippen LogP contribution in [0.3, 0.4) is 0 Å². The fraction of sp³-hybridized carbons (Fsp3) is 0.444. The summed E-state index contributed by atoms with van der Waals surface area (Å²) in [6, 6.07) is 13.9. The Bertz CT molecular complexity index is 490. The van der Waals surface area contributed by atoms with Gasteiger partial charge in [-0.1, -0.05) is 42.8 Å². The van der Waals surface area contributed by atoms with E-state index in [9.17, 15) is 0 Å². The van der Waals surface area contributed by atoms with Gasteiger partial charge in [-0.2, -0.15) is 0 Å². The first-order chi connectivity index (χ1) is 9.78. The number of hydrogen-bond acceptors (Lipinski definition) is 2. The molecule has 1 nitrogen and oxygen atoms in total. The molecule has 0 aliphatic rings. The molecule has 1 heterocycles. The highest BCUT2D eigenvalue weighted by atomic mass is 32.1. The van der Waals surface area contributed by atoms with Gasteiger partial charge in [0.05, 0.1) is 0 Å². The van der Waals surface area contributed by atoms with Crippen molar-refractivity contribution < 1.29 is 0 Å². The second-order valence-corrected chi connectivity index (χ2v) is 6.43. The van der Waals surface area contributed by atoms with Crippen LogP contribution in [-0.4, -0.2) is 12.6 Å². The zero-order valence-electron chi connectivity index (χ0n) is 12.6. The Kier molecular flexibility index (Phi) is 6.28. The fourth-order valence-electron chi connectivity index (χ4n) is 2.62. The Labute approximate surface area is 127 Å². The van der Waals surface area contributed by atoms with Crippen molar-refractivity contribution in [3.05, 3.63) is 57.8 Å². The molecule has 1 aromatic heterocycles. The molecule has 0 aliphatic carbocycles. The highest BCUT2D eigenvalue weighted by Gasteiger charge is 2.08. The standard InChI is InChI=1S/C18H25NS/c1-3-19-17(11-12-18-8-5-13-20-18)10-9-16-7-4-6-15(2)14-16/h4-8,13-14,17,19H,3,9-12H2,1-2H3. The number of aryl methyl sites for hydroxylation is 3. The molecule has 1 atom stereocenters. The molecular weight excluding hydrogens is 262 g/mol. The Balaban J connectivity index is 1.82. The second kappa shape index (κ2) is 8.23. The van der Waals surface area contributed by atoms with Crippen molar-refractivity contribution in [2.24, 2.45) is 0 Å². The first-order valence-corrected chi connectivity index (χ1v) is 8.47. The molecule has 20 heavy (non-hydrogen) atoms. The van der Waals surface area contributed by atoms with Gasteiger partial charge in [0.1, 0.15) is 0 Å². The minimum atomic E-state index is 0.627. The van der Waals surface area contributed by atoms with Gasteiger partial charge >= 0.3 is 0 Å². The van der Waals surface area contributed by atoms with Gasteiger partial charge in [0.25, 0.3) is 0 Å². The lowest BCUT2D eigenvalue weighted by molar-refractivity contribution is 0.465. The summed E-state index contributed by atoms with van der Waals surface area (Å²) in [5, 5.41) is 5.81. The first-order valence-electron chi connectivity index (χ1n) is 7.59. The molecule has 1 aromatic carbocycles. The molecule has 0 spiro atoms. The Morgan fingerprint density at radius 2 is 1.95 bits per heavy atom. The molecule has 2 heteroatoms. The van der Waals surface area contributed by atoms with Crippen LogP contribution in [0.15, 0.2) is 41.8 Å². The molecule has 2 rings (SSSR count). The average molecular weight is 287 g/mol. The van der Waals surface area contributed by atoms with Gasteiger partial charge < -0.3 is 5.32 Å². The van der Waals surface area contributed by atoms with Gasteiger partial charge in [0.2, 0.25) is 0 Å². The van der Waals surface area contributed by atoms with Crippen molar-refractivity contribution in [3.8, 4) is 0 Å². The van der Waals surface area contributed by atoms with Crippen LogP contribution in [0.5, 0.6) is 0 Å². The van der Waals surface area contributed by atoms with Crippen molar-refractivity contribution in [1.82, 2.24) is 5.32 Å². The smallest absolute Gasteiger partial charge is 0.00735 e. The SMILES string of the molecule is CCNC(CCc1cccc(C)c1)CCc1cccs1. The largest absolute Gasteiger partial charge is 0.314 e. The van der Waals surface area contributed by atoms with E-state index in [0.29, 0.717) is 6.04 Å². The van der Waals surface area contributed by atoms with E-state index in [1.807, 2.05) is 11.3 Å². The minimum absolute atomic E-state index is 0.627. The maximum absolute atomic E-state index is 3.63. The number of thiophene rings is 1. The van der Waals surface area contributed by atoms with Crippen LogP contribution >= 0.6 is 11.3 Å². The van der Waals surface area contributed by atoms with Gasteiger partial charge in [-0.15, -0.1) is 11.3 Å². The summed E-state index contributed by atoms with van der Waals surface area (Å²) >= 11 is 1.87. The van der Waals surface area contributed by atoms with Gasteiger partial charge in [-0.25, -0.2) is 0 Å². The van der Waals surface area contributed by atoms with Gasteiger partial charge in [-0.3, -0.25) is 0 Å². The molecule has 1 N–H and O–H groups in total. The maximum Gasteiger partial charge on any atom is 0.00735 e. The predicted octanol–water partition coefficient (Wildman–Crippen LogP) is 4.60. The lowest BCUT2D eigenvalue weighted by Crippen LogP contribution is -2.29. The summed E-state index contributed by atoms with van der Waals surface area (Å²) in [5.74, 6) is 0. The molecule has 0 saturated carbocycles. The highest BCUT2D eigenvalue weighted by molar-refractivity contribution is 7.09. The third-order valence-corrected chi connectivity index (χ3v) is 4.61. The van der Waals surface area contributed by atoms with E-state index in [1.165, 1.54) is 41.7 Å². The Morgan fingerprint density at radius 3 is 2.65 bits per heavy atom. The number of rotatable bonds is 8. The fourth-order valence-corrected chi connectivity index (χ4v) is 3.34. The normalized spacial score (nSPS) is 12.5. The zero-order chi connectivity index (χ0) is 14.2. The summed E-state index contributed by atoms with van der Waals surface area (Å²) in [5.41, 5.74) is 2.82. The zero-order valence-corrected chi connectivity index (χ0v) is 13.4. The lowest BCUT2D eigenvalue weighted by Gasteiger charge is -2.17. The quantitative estimate of drug-likeness (QED) is 0.748. The molecular formula is C18H25NS. The summed E-state index contributed by atoms with van der Waals surface area (Å²) in [7, 11) is 0. The first kappa shape index (κ1) is 15.3. The van der Waals surface area contributed by atoms with E-state index in [4.69, 9.17) is 0 Å². The molecule has 0 aliphatic heterocycles. The molecule has 2 aromatic rings. The molecule has 0 saturated heterocycles. The molecule has 0 bridgehead atoms. The summed E-state index contributed by atoms with van der Waals surface area (Å²) < 4.78 is 0. The van der Waals surface area contributed by atoms with E-state index < -0.39 is 0 Å². The van der Waals surface area contributed by atoms with Crippen LogP contribution < -0.4 is 5.32 Å². The molecule has 0 radical (unpaired) electrons. The number of nitrogens with one attached hydrogen (secondary N) is 1. The Morgan fingerprint density at radius 1 is 1.10 bits per heavy atom. The van der Waals surface area contributed by atoms with Crippen molar-refractivity contribution in [3.63, 3.8) is 0 Å². The van der Waals surface area contributed by atoms with Crippen LogP contribution in [-0.2, 0) is 12.8 Å². The third kappa shape index (κ3) is 5.10. The predicted molar refractivity (Wildman–Crippen MR) is 89.6 cm³/mol. The van der Waals surface area contributed by atoms with Crippen molar-refractivity contribution in [1.29, 1.82) is 0 Å². The average Bonchev–Trinajstić information content (AvgIpc) is 2.95. The maximum atomic E-state index is 3.63. The summed E-state index contributed by atoms with van der Waals surface area (Å²) in [4.78, 5) is 1.50. The van der Waals surface area contributed by atoms with E-state index in [1.54, 1.807) is 0 Å². The van der Waals surface area contributed by atoms with E-state index in [0.717, 1.165) is 6.54 Å². The van der Waals surface area contributed by atoms with Gasteiger partial charge in [0.15, 0.2) is 0 Å². The van der Waals surface area contributed by atoms with Crippen LogP contribution in [0.25, 0.3) is 0 Å². The summed E-state index contributed by atoms with van der Waals surface area (Å²) in [6.07, 6.45) is 4.83. The summed E-state index contributed by atoms with van der Waals surface area (Å²) in [6.45, 7) is 5.43. The topological polar surface area (TPSA) is 12.0 Å². The van der Waals surface area contributed by atoms with Crippen LogP contribution in [0.4, 0.5) is 0 Å². The monoisotopic (exact) mass is 287 g/mol. The molecule has 1 unspecified atom stereocenters. The molecule has 0 fully saturated rings. The van der Waals surface area contributed by atoms with Crippen molar-refractivity contribution in [2.75, 3.05) is 6.54 Å². The van der Waals surface area contributed by atoms with Crippen LogP contribution in [0.2, 0.25) is 0 Å². The lowest BCUT2D eigenvalue weighted by atomic mass is 10.00. The minimum Gasteiger partial charge on any atom is -0.314 e. The molecule has 0 amide bonds. The molecule has 108 valence electrons. The van der Waals surface area contributed by atoms with E-state index >= 15 is 0 Å². The third-order valence-electron chi connectivity index (χ3n) is 3.68. The van der Waals surface area contributed by atoms with Gasteiger partial charge in [0, 0.05) is 10.9 Å². The highest BCUT2D eigenvalue weighted by Crippen LogP contribution is 2.15. The van der Waals surface area contributed by atoms with Crippen molar-refractivity contribution in [2.45, 2.75) is 45.6 Å². The van der Waals surface area contributed by atoms with E-state index in [2.05, 4.69) is 60.9 Å². The van der Waals surface area contributed by atoms with Crippen LogP contribution in [0, 0.1) is 6.92 Å². The second-order valence-electron chi connectivity index (χ2n) is 5.40. The van der Waals surface area contributed by atoms with Crippen LogP contribution in [0.1, 0.15) is 35.8 Å². The Hall–Kier alpha value is -1.12.